The molecule has 3 rings (SSSR count). The maximum absolute atomic E-state index is 12.4. The van der Waals surface area contributed by atoms with Crippen molar-refractivity contribution < 1.29 is 23.6 Å². The van der Waals surface area contributed by atoms with Gasteiger partial charge in [0, 0.05) is 24.6 Å². The normalized spacial score (nSPS) is 11.6. The summed E-state index contributed by atoms with van der Waals surface area (Å²) in [6.07, 6.45) is 0. The summed E-state index contributed by atoms with van der Waals surface area (Å²) in [5.74, 6) is -0.463. The fourth-order valence-electron chi connectivity index (χ4n) is 2.20. The number of amides is 2. The maximum atomic E-state index is 12.4. The molecule has 0 aliphatic heterocycles. The molecule has 0 radical (unpaired) electrons. The van der Waals surface area contributed by atoms with E-state index in [4.69, 9.17) is 14.0 Å². The first-order valence-corrected chi connectivity index (χ1v) is 8.71. The van der Waals surface area contributed by atoms with E-state index in [0.717, 1.165) is 11.3 Å². The van der Waals surface area contributed by atoms with Gasteiger partial charge >= 0.3 is 17.6 Å². The van der Waals surface area contributed by atoms with Crippen LogP contribution in [0.15, 0.2) is 31.9 Å². The lowest BCUT2D eigenvalue weighted by molar-refractivity contribution is 0.0692. The highest BCUT2D eigenvalue weighted by atomic mass is 32.1. The molecule has 3 heterocycles. The summed E-state index contributed by atoms with van der Waals surface area (Å²) in [7, 11) is 1.53. The van der Waals surface area contributed by atoms with Crippen molar-refractivity contribution in [2.75, 3.05) is 17.3 Å². The molecular formula is C17H17N3O6S. The Labute approximate surface area is 157 Å². The Hall–Kier alpha value is -3.14. The van der Waals surface area contributed by atoms with Gasteiger partial charge in [-0.3, -0.25) is 10.2 Å². The molecule has 0 aliphatic rings. The van der Waals surface area contributed by atoms with Gasteiger partial charge in [-0.15, -0.1) is 11.3 Å². The summed E-state index contributed by atoms with van der Waals surface area (Å²) < 4.78 is 10.7. The van der Waals surface area contributed by atoms with Crippen LogP contribution in [-0.2, 0) is 5.41 Å². The van der Waals surface area contributed by atoms with Crippen LogP contribution in [-0.4, -0.2) is 29.3 Å². The minimum Gasteiger partial charge on any atom is -0.477 e. The van der Waals surface area contributed by atoms with Gasteiger partial charge in [0.25, 0.3) is 0 Å². The minimum absolute atomic E-state index is 0.209. The Kier molecular flexibility index (Phi) is 4.52. The lowest BCUT2D eigenvalue weighted by Crippen LogP contribution is -2.30. The predicted octanol–water partition coefficient (Wildman–Crippen LogP) is 3.51. The number of nitrogens with zero attached hydrogens (tertiary/aromatic N) is 2. The van der Waals surface area contributed by atoms with Crippen LogP contribution in [0, 0.1) is 0 Å². The number of rotatable bonds is 3. The minimum atomic E-state index is -1.37. The Morgan fingerprint density at radius 1 is 1.26 bits per heavy atom. The summed E-state index contributed by atoms with van der Waals surface area (Å²) in [4.78, 5) is 36.4. The van der Waals surface area contributed by atoms with E-state index in [1.54, 1.807) is 6.07 Å². The van der Waals surface area contributed by atoms with Crippen LogP contribution in [0.5, 0.6) is 0 Å². The fourth-order valence-corrected chi connectivity index (χ4v) is 3.19. The van der Waals surface area contributed by atoms with Crippen molar-refractivity contribution in [2.45, 2.75) is 26.2 Å². The number of thiophene rings is 1. The van der Waals surface area contributed by atoms with Crippen molar-refractivity contribution >= 4 is 44.4 Å². The molecule has 0 aliphatic carbocycles. The third kappa shape index (κ3) is 3.70. The number of carbonyl (C=O) groups excluding carboxylic acids is 1. The van der Waals surface area contributed by atoms with Gasteiger partial charge in [-0.05, 0) is 6.07 Å². The summed E-state index contributed by atoms with van der Waals surface area (Å²) in [5, 5.41) is 15.9. The summed E-state index contributed by atoms with van der Waals surface area (Å²) in [6, 6.07) is 3.90. The molecular weight excluding hydrogens is 374 g/mol. The van der Waals surface area contributed by atoms with Crippen molar-refractivity contribution in [1.29, 1.82) is 0 Å². The second kappa shape index (κ2) is 6.54. The van der Waals surface area contributed by atoms with Gasteiger partial charge in [-0.25, -0.2) is 14.4 Å². The summed E-state index contributed by atoms with van der Waals surface area (Å²) >= 11 is 1.12. The van der Waals surface area contributed by atoms with Crippen molar-refractivity contribution in [1.82, 2.24) is 5.16 Å². The predicted molar refractivity (Wildman–Crippen MR) is 99.9 cm³/mol. The van der Waals surface area contributed by atoms with Crippen LogP contribution in [0.1, 0.15) is 36.9 Å². The standard InChI is InChI=1S/C17H17N3O6S/c1-17(2,3)11-7-12(19-26-11)18-16(24)20(4)13-6-9-10(27-13)5-8(14(21)22)15(23)25-9/h5-7H,1-4H3,(H,21,22)(H,18,19,24). The molecule has 27 heavy (non-hydrogen) atoms. The van der Waals surface area contributed by atoms with Crippen LogP contribution in [0.25, 0.3) is 10.3 Å². The van der Waals surface area contributed by atoms with Gasteiger partial charge in [0.2, 0.25) is 0 Å². The average molecular weight is 391 g/mol. The second-order valence-electron chi connectivity index (χ2n) is 6.88. The molecule has 3 aromatic rings. The Bertz CT molecular complexity index is 1090. The molecule has 0 bridgehead atoms. The third-order valence-corrected chi connectivity index (χ3v) is 4.90. The summed E-state index contributed by atoms with van der Waals surface area (Å²) in [5.41, 5.74) is -1.43. The van der Waals surface area contributed by atoms with E-state index >= 15 is 0 Å². The Balaban J connectivity index is 1.83. The summed E-state index contributed by atoms with van der Waals surface area (Å²) in [6.45, 7) is 5.88. The van der Waals surface area contributed by atoms with Crippen LogP contribution in [0.4, 0.5) is 15.6 Å². The SMILES string of the molecule is CN(C(=O)Nc1cc(C(C)(C)C)on1)c1cc2oc(=O)c(C(=O)O)cc2s1. The molecule has 10 heteroatoms. The molecule has 2 amide bonds. The first kappa shape index (κ1) is 18.6. The molecule has 0 saturated carbocycles. The van der Waals surface area contributed by atoms with E-state index in [0.29, 0.717) is 15.5 Å². The van der Waals surface area contributed by atoms with Gasteiger partial charge in [0.05, 0.1) is 4.70 Å². The quantitative estimate of drug-likeness (QED) is 0.699. The highest BCUT2D eigenvalue weighted by Crippen LogP contribution is 2.32. The largest absolute Gasteiger partial charge is 0.477 e. The van der Waals surface area contributed by atoms with Gasteiger partial charge in [0.1, 0.15) is 16.3 Å². The lowest BCUT2D eigenvalue weighted by Gasteiger charge is -2.14. The zero-order chi connectivity index (χ0) is 19.9. The molecule has 3 aromatic heterocycles. The topological polar surface area (TPSA) is 126 Å². The van der Waals surface area contributed by atoms with Crippen LogP contribution in [0.3, 0.4) is 0 Å². The first-order chi connectivity index (χ1) is 12.6. The van der Waals surface area contributed by atoms with Gasteiger partial charge in [-0.2, -0.15) is 0 Å². The van der Waals surface area contributed by atoms with E-state index in [1.807, 2.05) is 20.8 Å². The smallest absolute Gasteiger partial charge is 0.351 e. The van der Waals surface area contributed by atoms with Gasteiger partial charge in [-0.1, -0.05) is 25.9 Å². The zero-order valence-corrected chi connectivity index (χ0v) is 15.8. The molecule has 0 fully saturated rings. The van der Waals surface area contributed by atoms with Crippen LogP contribution in [0.2, 0.25) is 0 Å². The van der Waals surface area contributed by atoms with Crippen molar-refractivity contribution in [3.8, 4) is 0 Å². The second-order valence-corrected chi connectivity index (χ2v) is 7.94. The van der Waals surface area contributed by atoms with Gasteiger partial charge in [0.15, 0.2) is 11.4 Å². The van der Waals surface area contributed by atoms with Crippen LogP contribution < -0.4 is 15.8 Å². The van der Waals surface area contributed by atoms with E-state index in [1.165, 1.54) is 24.1 Å². The molecule has 2 N–H and O–H groups in total. The number of urea groups is 1. The molecule has 9 nitrogen and oxygen atoms in total. The van der Waals surface area contributed by atoms with E-state index in [-0.39, 0.29) is 16.8 Å². The molecule has 0 saturated heterocycles. The number of fused-ring (bicyclic) bond motifs is 1. The fraction of sp³-hybridized carbons (Fsp3) is 0.294. The number of aromatic carboxylic acids is 1. The number of carboxylic acids is 1. The average Bonchev–Trinajstić information content (AvgIpc) is 3.19. The Morgan fingerprint density at radius 2 is 1.96 bits per heavy atom. The number of hydrogen-bond donors (Lipinski definition) is 2. The van der Waals surface area contributed by atoms with Crippen molar-refractivity contribution in [2.24, 2.45) is 0 Å². The number of anilines is 2. The van der Waals surface area contributed by atoms with Crippen molar-refractivity contribution in [3.63, 3.8) is 0 Å². The number of carboxylic acid groups (broad SMARTS) is 1. The Morgan fingerprint density at radius 3 is 2.56 bits per heavy atom. The van der Waals surface area contributed by atoms with Gasteiger partial charge < -0.3 is 14.0 Å². The molecule has 0 unspecified atom stereocenters. The molecule has 142 valence electrons. The molecule has 0 aromatic carbocycles. The molecule has 0 spiro atoms. The van der Waals surface area contributed by atoms with E-state index < -0.39 is 23.2 Å². The number of aromatic nitrogens is 1. The number of carbonyl (C=O) groups is 2. The third-order valence-electron chi connectivity index (χ3n) is 3.76. The van der Waals surface area contributed by atoms with E-state index in [9.17, 15) is 14.4 Å². The number of hydrogen-bond acceptors (Lipinski definition) is 7. The van der Waals surface area contributed by atoms with Crippen LogP contribution >= 0.6 is 11.3 Å². The maximum Gasteiger partial charge on any atom is 0.351 e. The van der Waals surface area contributed by atoms with Crippen molar-refractivity contribution in [3.05, 3.63) is 39.9 Å². The lowest BCUT2D eigenvalue weighted by atomic mass is 9.93. The van der Waals surface area contributed by atoms with E-state index in [2.05, 4.69) is 10.5 Å². The highest BCUT2D eigenvalue weighted by molar-refractivity contribution is 7.22. The first-order valence-electron chi connectivity index (χ1n) is 7.89. The number of nitrogens with one attached hydrogen (secondary N) is 1. The monoisotopic (exact) mass is 391 g/mol. The zero-order valence-electron chi connectivity index (χ0n) is 15.0. The highest BCUT2D eigenvalue weighted by Gasteiger charge is 2.22. The molecule has 0 atom stereocenters.